The summed E-state index contributed by atoms with van der Waals surface area (Å²) in [5.41, 5.74) is 5.34. The Morgan fingerprint density at radius 1 is 1.43 bits per heavy atom. The van der Waals surface area contributed by atoms with Crippen molar-refractivity contribution in [3.63, 3.8) is 0 Å². The topological polar surface area (TPSA) is 44.5 Å². The number of methoxy groups -OCH3 is 1. The lowest BCUT2D eigenvalue weighted by molar-refractivity contribution is 0.310. The van der Waals surface area contributed by atoms with E-state index in [4.69, 9.17) is 20.7 Å². The molecule has 14 heavy (non-hydrogen) atoms. The van der Waals surface area contributed by atoms with Gasteiger partial charge in [-0.25, -0.2) is 0 Å². The van der Waals surface area contributed by atoms with Crippen LogP contribution < -0.4 is 15.2 Å². The van der Waals surface area contributed by atoms with Gasteiger partial charge < -0.3 is 15.2 Å². The van der Waals surface area contributed by atoms with Crippen molar-refractivity contribution in [2.45, 2.75) is 13.3 Å². The molecule has 0 aliphatic carbocycles. The summed E-state index contributed by atoms with van der Waals surface area (Å²) in [6.07, 6.45) is -2.31. The number of ether oxygens (including phenoxy) is 2. The largest absolute Gasteiger partial charge is 0.493 e. The van der Waals surface area contributed by atoms with Crippen molar-refractivity contribution >= 4 is 0 Å². The summed E-state index contributed by atoms with van der Waals surface area (Å²) < 4.78 is 40.6. The molecule has 1 aromatic carbocycles. The van der Waals surface area contributed by atoms with Crippen LogP contribution in [0.25, 0.3) is 0 Å². The maximum absolute atomic E-state index is 7.75. The summed E-state index contributed by atoms with van der Waals surface area (Å²) in [5.74, 6) is 0.833. The average molecular weight is 199 g/mol. The van der Waals surface area contributed by atoms with Crippen molar-refractivity contribution in [1.29, 1.82) is 0 Å². The fourth-order valence-electron chi connectivity index (χ4n) is 1.11. The SMILES string of the molecule is [2H]C([2H])(N)C([2H])([2H])c1ccc(OC)c(OCC)c1. The first-order chi connectivity index (χ1) is 8.24. The molecular formula is C11H17NO2. The summed E-state index contributed by atoms with van der Waals surface area (Å²) in [7, 11) is 1.48. The van der Waals surface area contributed by atoms with E-state index >= 15 is 0 Å². The fourth-order valence-corrected chi connectivity index (χ4v) is 1.11. The Morgan fingerprint density at radius 2 is 2.21 bits per heavy atom. The van der Waals surface area contributed by atoms with Crippen LogP contribution in [0.1, 0.15) is 18.0 Å². The van der Waals surface area contributed by atoms with Crippen LogP contribution in [-0.2, 0) is 6.37 Å². The number of rotatable bonds is 5. The first-order valence-electron chi connectivity index (χ1n) is 6.34. The highest BCUT2D eigenvalue weighted by Gasteiger charge is 2.04. The van der Waals surface area contributed by atoms with Crippen molar-refractivity contribution in [1.82, 2.24) is 0 Å². The van der Waals surface area contributed by atoms with Crippen LogP contribution in [0.4, 0.5) is 0 Å². The highest BCUT2D eigenvalue weighted by atomic mass is 16.5. The third kappa shape index (κ3) is 2.64. The normalized spacial score (nSPS) is 16.2. The fraction of sp³-hybridized carbons (Fsp3) is 0.455. The molecule has 3 nitrogen and oxygen atoms in total. The van der Waals surface area contributed by atoms with Gasteiger partial charge in [-0.3, -0.25) is 0 Å². The molecule has 0 aromatic heterocycles. The molecule has 78 valence electrons. The predicted molar refractivity (Wildman–Crippen MR) is 56.9 cm³/mol. The zero-order valence-corrected chi connectivity index (χ0v) is 8.33. The molecule has 0 saturated heterocycles. The Balaban J connectivity index is 3.23. The van der Waals surface area contributed by atoms with E-state index in [2.05, 4.69) is 0 Å². The van der Waals surface area contributed by atoms with Gasteiger partial charge in [0.15, 0.2) is 11.5 Å². The maximum Gasteiger partial charge on any atom is 0.161 e. The Bertz CT molecular complexity index is 418. The molecule has 1 rings (SSSR count). The second-order valence-electron chi connectivity index (χ2n) is 2.57. The minimum absolute atomic E-state index is 0.110. The molecule has 0 bridgehead atoms. The van der Waals surface area contributed by atoms with E-state index in [1.54, 1.807) is 6.92 Å². The molecule has 2 N–H and O–H groups in total. The van der Waals surface area contributed by atoms with Crippen molar-refractivity contribution in [2.24, 2.45) is 5.73 Å². The maximum atomic E-state index is 7.75. The molecule has 1 aromatic rings. The van der Waals surface area contributed by atoms with Crippen LogP contribution in [0.3, 0.4) is 0 Å². The Kier molecular flexibility index (Phi) is 2.47. The Hall–Kier alpha value is -1.22. The van der Waals surface area contributed by atoms with Crippen molar-refractivity contribution < 1.29 is 15.0 Å². The van der Waals surface area contributed by atoms with Gasteiger partial charge in [0.2, 0.25) is 0 Å². The number of benzene rings is 1. The molecule has 0 amide bonds. The standard InChI is InChI=1S/C11H17NO2/c1-3-14-11-8-9(6-7-12)4-5-10(11)13-2/h4-5,8H,3,6-7,12H2,1-2H3/i6D2,7D2. The van der Waals surface area contributed by atoms with Crippen LogP contribution >= 0.6 is 0 Å². The number of hydrogen-bond donors (Lipinski definition) is 1. The zero-order valence-electron chi connectivity index (χ0n) is 12.3. The second-order valence-corrected chi connectivity index (χ2v) is 2.57. The monoisotopic (exact) mass is 199 g/mol. The van der Waals surface area contributed by atoms with Crippen LogP contribution in [-0.4, -0.2) is 20.2 Å². The van der Waals surface area contributed by atoms with Crippen molar-refractivity contribution in [3.8, 4) is 11.5 Å². The highest BCUT2D eigenvalue weighted by Crippen LogP contribution is 2.27. The minimum Gasteiger partial charge on any atom is -0.493 e. The van der Waals surface area contributed by atoms with Gasteiger partial charge in [-0.05, 0) is 37.5 Å². The van der Waals surface area contributed by atoms with Crippen LogP contribution in [0.2, 0.25) is 0 Å². The van der Waals surface area contributed by atoms with E-state index in [1.807, 2.05) is 0 Å². The lowest BCUT2D eigenvalue weighted by atomic mass is 10.1. The van der Waals surface area contributed by atoms with Gasteiger partial charge in [0.1, 0.15) is 0 Å². The van der Waals surface area contributed by atoms with Crippen molar-refractivity contribution in [2.75, 3.05) is 20.2 Å². The van der Waals surface area contributed by atoms with Gasteiger partial charge in [-0.15, -0.1) is 0 Å². The lowest BCUT2D eigenvalue weighted by Crippen LogP contribution is -2.03. The van der Waals surface area contributed by atoms with Crippen LogP contribution in [0.15, 0.2) is 18.2 Å². The van der Waals surface area contributed by atoms with E-state index in [1.165, 1.54) is 25.3 Å². The number of aryl methyl sites for hydroxylation is 1. The third-order valence-corrected chi connectivity index (χ3v) is 1.68. The van der Waals surface area contributed by atoms with E-state index in [-0.39, 0.29) is 5.56 Å². The molecule has 0 aliphatic heterocycles. The summed E-state index contributed by atoms with van der Waals surface area (Å²) >= 11 is 0. The lowest BCUT2D eigenvalue weighted by Gasteiger charge is -2.10. The smallest absolute Gasteiger partial charge is 0.161 e. The molecule has 0 heterocycles. The highest BCUT2D eigenvalue weighted by molar-refractivity contribution is 5.43. The molecular weight excluding hydrogens is 178 g/mol. The average Bonchev–Trinajstić information content (AvgIpc) is 2.28. The number of nitrogens with two attached hydrogens (primary N) is 1. The number of hydrogen-bond acceptors (Lipinski definition) is 3. The quantitative estimate of drug-likeness (QED) is 0.783. The Morgan fingerprint density at radius 3 is 2.79 bits per heavy atom. The molecule has 0 saturated carbocycles. The van der Waals surface area contributed by atoms with E-state index in [0.29, 0.717) is 18.1 Å². The van der Waals surface area contributed by atoms with E-state index in [9.17, 15) is 0 Å². The van der Waals surface area contributed by atoms with E-state index < -0.39 is 12.9 Å². The van der Waals surface area contributed by atoms with Gasteiger partial charge in [0, 0.05) is 5.48 Å². The van der Waals surface area contributed by atoms with Gasteiger partial charge in [0.05, 0.1) is 13.7 Å². The molecule has 0 unspecified atom stereocenters. The summed E-state index contributed by atoms with van der Waals surface area (Å²) in [5, 5.41) is 0. The molecule has 0 radical (unpaired) electrons. The van der Waals surface area contributed by atoms with Gasteiger partial charge in [0.25, 0.3) is 0 Å². The molecule has 0 aliphatic rings. The van der Waals surface area contributed by atoms with E-state index in [0.717, 1.165) is 0 Å². The predicted octanol–water partition coefficient (Wildman–Crippen LogP) is 1.60. The molecule has 3 heteroatoms. The van der Waals surface area contributed by atoms with Crippen LogP contribution in [0.5, 0.6) is 11.5 Å². The molecule has 0 spiro atoms. The van der Waals surface area contributed by atoms with Gasteiger partial charge >= 0.3 is 0 Å². The second kappa shape index (κ2) is 5.50. The molecule has 0 fully saturated rings. The van der Waals surface area contributed by atoms with Crippen LogP contribution in [0, 0.1) is 0 Å². The van der Waals surface area contributed by atoms with Crippen molar-refractivity contribution in [3.05, 3.63) is 23.8 Å². The summed E-state index contributed by atoms with van der Waals surface area (Å²) in [6, 6.07) is 4.38. The third-order valence-electron chi connectivity index (χ3n) is 1.68. The first-order valence-corrected chi connectivity index (χ1v) is 4.34. The molecule has 0 atom stereocenters. The first kappa shape index (κ1) is 6.30. The minimum atomic E-state index is -2.48. The summed E-state index contributed by atoms with van der Waals surface area (Å²) in [6.45, 7) is -0.285. The van der Waals surface area contributed by atoms with Gasteiger partial charge in [-0.2, -0.15) is 0 Å². The zero-order chi connectivity index (χ0) is 14.0. The van der Waals surface area contributed by atoms with Gasteiger partial charge in [-0.1, -0.05) is 6.07 Å². The Labute approximate surface area is 90.4 Å². The summed E-state index contributed by atoms with van der Waals surface area (Å²) in [4.78, 5) is 0.